The lowest BCUT2D eigenvalue weighted by atomic mass is 9.69. The molecule has 1 aromatic heterocycles. The fourth-order valence-corrected chi connectivity index (χ4v) is 3.25. The molecule has 18 heavy (non-hydrogen) atoms. The highest BCUT2D eigenvalue weighted by atomic mass is 32.1. The van der Waals surface area contributed by atoms with Gasteiger partial charge in [0.2, 0.25) is 0 Å². The van der Waals surface area contributed by atoms with Gasteiger partial charge in [-0.05, 0) is 48.6 Å². The summed E-state index contributed by atoms with van der Waals surface area (Å²) in [5.41, 5.74) is 0.137. The van der Waals surface area contributed by atoms with Crippen molar-refractivity contribution in [2.75, 3.05) is 6.61 Å². The van der Waals surface area contributed by atoms with E-state index in [0.717, 1.165) is 18.4 Å². The van der Waals surface area contributed by atoms with Gasteiger partial charge in [-0.2, -0.15) is 11.3 Å². The van der Waals surface area contributed by atoms with Gasteiger partial charge in [-0.25, -0.2) is 0 Å². The molecule has 0 aromatic carbocycles. The maximum atomic E-state index is 12.3. The van der Waals surface area contributed by atoms with E-state index < -0.39 is 5.41 Å². The summed E-state index contributed by atoms with van der Waals surface area (Å²) >= 11 is 1.59. The smallest absolute Gasteiger partial charge is 0.319 e. The van der Waals surface area contributed by atoms with Crippen LogP contribution in [0.2, 0.25) is 0 Å². The van der Waals surface area contributed by atoms with Crippen molar-refractivity contribution in [2.45, 2.75) is 39.0 Å². The lowest BCUT2D eigenvalue weighted by Gasteiger charge is -2.33. The molecule has 1 atom stereocenters. The minimum atomic E-state index is -0.921. The molecule has 1 aromatic rings. The van der Waals surface area contributed by atoms with E-state index in [2.05, 4.69) is 0 Å². The Hall–Kier alpha value is -1.16. The van der Waals surface area contributed by atoms with E-state index in [1.54, 1.807) is 18.3 Å². The van der Waals surface area contributed by atoms with Gasteiger partial charge in [-0.15, -0.1) is 0 Å². The second-order valence-electron chi connectivity index (χ2n) is 4.74. The van der Waals surface area contributed by atoms with Crippen LogP contribution in [-0.2, 0) is 20.7 Å². The summed E-state index contributed by atoms with van der Waals surface area (Å²) in [6.07, 6.45) is 3.44. The van der Waals surface area contributed by atoms with Gasteiger partial charge in [0.1, 0.15) is 5.41 Å². The molecular weight excluding hydrogens is 248 g/mol. The number of hydrogen-bond acceptors (Lipinski definition) is 4. The van der Waals surface area contributed by atoms with Gasteiger partial charge in [-0.1, -0.05) is 6.42 Å². The highest BCUT2D eigenvalue weighted by Gasteiger charge is 2.47. The van der Waals surface area contributed by atoms with Crippen molar-refractivity contribution in [3.05, 3.63) is 22.4 Å². The first kappa shape index (κ1) is 13.3. The van der Waals surface area contributed by atoms with Crippen LogP contribution in [0.3, 0.4) is 0 Å². The van der Waals surface area contributed by atoms with Gasteiger partial charge in [-0.3, -0.25) is 9.59 Å². The molecule has 1 fully saturated rings. The third kappa shape index (κ3) is 2.48. The van der Waals surface area contributed by atoms with E-state index in [-0.39, 0.29) is 11.8 Å². The van der Waals surface area contributed by atoms with Crippen LogP contribution < -0.4 is 0 Å². The van der Waals surface area contributed by atoms with Crippen LogP contribution in [0.25, 0.3) is 0 Å². The zero-order valence-electron chi connectivity index (χ0n) is 10.6. The van der Waals surface area contributed by atoms with E-state index in [0.29, 0.717) is 25.9 Å². The number of ether oxygens (including phenoxy) is 1. The Bertz CT molecular complexity index is 424. The van der Waals surface area contributed by atoms with Crippen LogP contribution in [0.4, 0.5) is 0 Å². The standard InChI is InChI=1S/C14H18O3S/c1-2-17-13(16)14(7-4-3-5-12(14)15)9-11-6-8-18-10-11/h6,8,10H,2-5,7,9H2,1H3. The van der Waals surface area contributed by atoms with Crippen LogP contribution in [0.15, 0.2) is 16.8 Å². The van der Waals surface area contributed by atoms with E-state index in [1.165, 1.54) is 0 Å². The molecule has 3 nitrogen and oxygen atoms in total. The van der Waals surface area contributed by atoms with Gasteiger partial charge in [0.15, 0.2) is 5.78 Å². The number of rotatable bonds is 4. The second-order valence-corrected chi connectivity index (χ2v) is 5.52. The molecule has 0 amide bonds. The number of hydrogen-bond donors (Lipinski definition) is 0. The van der Waals surface area contributed by atoms with Crippen LogP contribution in [-0.4, -0.2) is 18.4 Å². The van der Waals surface area contributed by atoms with Crippen molar-refractivity contribution in [1.82, 2.24) is 0 Å². The number of Topliss-reactive ketones (excluding diaryl/α,β-unsaturated/α-hetero) is 1. The molecule has 1 unspecified atom stereocenters. The highest BCUT2D eigenvalue weighted by Crippen LogP contribution is 2.38. The van der Waals surface area contributed by atoms with E-state index >= 15 is 0 Å². The molecule has 0 aliphatic heterocycles. The van der Waals surface area contributed by atoms with Crippen molar-refractivity contribution in [3.63, 3.8) is 0 Å². The molecule has 2 rings (SSSR count). The van der Waals surface area contributed by atoms with E-state index in [1.807, 2.05) is 16.8 Å². The first-order valence-corrected chi connectivity index (χ1v) is 7.35. The zero-order valence-corrected chi connectivity index (χ0v) is 11.4. The predicted octanol–water partition coefficient (Wildman–Crippen LogP) is 2.98. The van der Waals surface area contributed by atoms with Gasteiger partial charge >= 0.3 is 5.97 Å². The van der Waals surface area contributed by atoms with E-state index in [9.17, 15) is 9.59 Å². The number of esters is 1. The first-order valence-electron chi connectivity index (χ1n) is 6.40. The van der Waals surface area contributed by atoms with Gasteiger partial charge in [0, 0.05) is 6.42 Å². The Kier molecular flexibility index (Phi) is 4.17. The van der Waals surface area contributed by atoms with Crippen molar-refractivity contribution >= 4 is 23.1 Å². The Labute approximate surface area is 111 Å². The van der Waals surface area contributed by atoms with Gasteiger partial charge in [0.25, 0.3) is 0 Å². The quantitative estimate of drug-likeness (QED) is 0.621. The highest BCUT2D eigenvalue weighted by molar-refractivity contribution is 7.07. The van der Waals surface area contributed by atoms with Crippen LogP contribution >= 0.6 is 11.3 Å². The van der Waals surface area contributed by atoms with Crippen molar-refractivity contribution in [3.8, 4) is 0 Å². The topological polar surface area (TPSA) is 43.4 Å². The lowest BCUT2D eigenvalue weighted by Crippen LogP contribution is -2.44. The molecule has 0 spiro atoms. The molecule has 0 saturated heterocycles. The molecule has 1 aliphatic carbocycles. The number of ketones is 1. The fourth-order valence-electron chi connectivity index (χ4n) is 2.58. The van der Waals surface area contributed by atoms with Crippen molar-refractivity contribution in [2.24, 2.45) is 5.41 Å². The maximum absolute atomic E-state index is 12.3. The molecule has 0 radical (unpaired) electrons. The molecule has 0 bridgehead atoms. The third-order valence-corrected chi connectivity index (χ3v) is 4.28. The molecule has 98 valence electrons. The van der Waals surface area contributed by atoms with E-state index in [4.69, 9.17) is 4.74 Å². The SMILES string of the molecule is CCOC(=O)C1(Cc2ccsc2)CCCCC1=O. The normalized spacial score (nSPS) is 23.9. The summed E-state index contributed by atoms with van der Waals surface area (Å²) in [5, 5.41) is 3.98. The van der Waals surface area contributed by atoms with Crippen LogP contribution in [0, 0.1) is 5.41 Å². The summed E-state index contributed by atoms with van der Waals surface area (Å²) in [6.45, 7) is 2.11. The second kappa shape index (κ2) is 5.65. The molecule has 0 N–H and O–H groups in total. The summed E-state index contributed by atoms with van der Waals surface area (Å²) < 4.78 is 5.15. The third-order valence-electron chi connectivity index (χ3n) is 3.54. The Morgan fingerprint density at radius 1 is 1.50 bits per heavy atom. The number of carbonyl (C=O) groups excluding carboxylic acids is 2. The van der Waals surface area contributed by atoms with Crippen molar-refractivity contribution < 1.29 is 14.3 Å². The molecule has 1 heterocycles. The minimum Gasteiger partial charge on any atom is -0.465 e. The summed E-state index contributed by atoms with van der Waals surface area (Å²) in [6, 6.07) is 1.98. The Morgan fingerprint density at radius 2 is 2.33 bits per heavy atom. The molecule has 1 saturated carbocycles. The maximum Gasteiger partial charge on any atom is 0.319 e. The zero-order chi connectivity index (χ0) is 13.0. The van der Waals surface area contributed by atoms with Gasteiger partial charge in [0.05, 0.1) is 6.61 Å². The monoisotopic (exact) mass is 266 g/mol. The first-order chi connectivity index (χ1) is 8.69. The largest absolute Gasteiger partial charge is 0.465 e. The summed E-state index contributed by atoms with van der Waals surface area (Å²) in [4.78, 5) is 24.5. The lowest BCUT2D eigenvalue weighted by molar-refractivity contribution is -0.162. The average molecular weight is 266 g/mol. The summed E-state index contributed by atoms with van der Waals surface area (Å²) in [5.74, 6) is -0.278. The number of thiophene rings is 1. The Morgan fingerprint density at radius 3 is 2.94 bits per heavy atom. The molecular formula is C14H18O3S. The Balaban J connectivity index is 2.26. The van der Waals surface area contributed by atoms with Crippen LogP contribution in [0.5, 0.6) is 0 Å². The molecule has 4 heteroatoms. The summed E-state index contributed by atoms with van der Waals surface area (Å²) in [7, 11) is 0. The predicted molar refractivity (Wildman–Crippen MR) is 70.6 cm³/mol. The molecule has 1 aliphatic rings. The van der Waals surface area contributed by atoms with Crippen molar-refractivity contribution in [1.29, 1.82) is 0 Å². The average Bonchev–Trinajstić information content (AvgIpc) is 2.85. The number of carbonyl (C=O) groups is 2. The van der Waals surface area contributed by atoms with Gasteiger partial charge < -0.3 is 4.74 Å². The van der Waals surface area contributed by atoms with Crippen LogP contribution in [0.1, 0.15) is 38.2 Å². The minimum absolute atomic E-state index is 0.0541. The fraction of sp³-hybridized carbons (Fsp3) is 0.571.